The Morgan fingerprint density at radius 1 is 1.16 bits per heavy atom. The molecule has 3 saturated heterocycles. The summed E-state index contributed by atoms with van der Waals surface area (Å²) in [4.78, 5) is 41.8. The number of halogens is 1. The molecular formula is C29H38ClN3O10. The van der Waals surface area contributed by atoms with E-state index in [-0.39, 0.29) is 31.7 Å². The van der Waals surface area contributed by atoms with Gasteiger partial charge in [-0.2, -0.15) is 0 Å². The monoisotopic (exact) mass is 623 g/mol. The van der Waals surface area contributed by atoms with Crippen LogP contribution in [-0.2, 0) is 26.5 Å². The van der Waals surface area contributed by atoms with Crippen LogP contribution in [0.25, 0.3) is 0 Å². The molecule has 236 valence electrons. The number of ether oxygens (including phenoxy) is 3. The third kappa shape index (κ3) is 4.91. The number of rotatable bonds is 7. The highest BCUT2D eigenvalue weighted by Crippen LogP contribution is 2.64. The van der Waals surface area contributed by atoms with Crippen molar-refractivity contribution in [2.75, 3.05) is 26.3 Å². The van der Waals surface area contributed by atoms with E-state index in [1.165, 1.54) is 13.1 Å². The minimum atomic E-state index is -1.85. The fraction of sp³-hybridized carbons (Fsp3) is 0.621. The van der Waals surface area contributed by atoms with Gasteiger partial charge in [0, 0.05) is 29.7 Å². The van der Waals surface area contributed by atoms with Gasteiger partial charge in [0.2, 0.25) is 0 Å². The van der Waals surface area contributed by atoms with Gasteiger partial charge in [0.15, 0.2) is 5.72 Å². The van der Waals surface area contributed by atoms with Crippen LogP contribution in [0.5, 0.6) is 0 Å². The molecule has 4 heterocycles. The summed E-state index contributed by atoms with van der Waals surface area (Å²) in [6, 6.07) is 7.00. The SMILES string of the molecule is Cc1cn([C@@]2([C@@H]3O[C@@]4(CO)CN(C(=O)O)C[C@]3(C(C)(C)C)[C@@H]4OCc3ccc(Cl)cc3)C[C@H](O)[C@@H](CO)O2)c(=O)[nH]c1=O. The van der Waals surface area contributed by atoms with Gasteiger partial charge in [0.05, 0.1) is 37.9 Å². The zero-order chi connectivity index (χ0) is 31.5. The van der Waals surface area contributed by atoms with Crippen LogP contribution in [0.2, 0.25) is 5.02 Å². The Morgan fingerprint density at radius 2 is 1.84 bits per heavy atom. The van der Waals surface area contributed by atoms with Gasteiger partial charge in [0.25, 0.3) is 5.56 Å². The molecule has 0 radical (unpaired) electrons. The van der Waals surface area contributed by atoms with Crippen LogP contribution in [0.3, 0.4) is 0 Å². The molecule has 1 aromatic heterocycles. The number of piperidine rings is 1. The topological polar surface area (TPSA) is 184 Å². The fourth-order valence-corrected chi connectivity index (χ4v) is 7.28. The lowest BCUT2D eigenvalue weighted by molar-refractivity contribution is -0.231. The van der Waals surface area contributed by atoms with E-state index in [1.54, 1.807) is 24.3 Å². The molecule has 5 N–H and O–H groups in total. The zero-order valence-electron chi connectivity index (χ0n) is 24.4. The highest BCUT2D eigenvalue weighted by Gasteiger charge is 2.77. The minimum absolute atomic E-state index is 0.0675. The van der Waals surface area contributed by atoms with E-state index in [4.69, 9.17) is 25.8 Å². The molecule has 3 fully saturated rings. The van der Waals surface area contributed by atoms with Gasteiger partial charge >= 0.3 is 11.8 Å². The molecule has 3 aliphatic heterocycles. The van der Waals surface area contributed by atoms with E-state index in [1.807, 2.05) is 20.8 Å². The number of hydrogen-bond acceptors (Lipinski definition) is 9. The molecule has 0 saturated carbocycles. The third-order valence-electron chi connectivity index (χ3n) is 9.35. The molecule has 43 heavy (non-hydrogen) atoms. The van der Waals surface area contributed by atoms with E-state index in [9.17, 15) is 34.8 Å². The Kier molecular flexibility index (Phi) is 8.08. The Morgan fingerprint density at radius 3 is 2.40 bits per heavy atom. The van der Waals surface area contributed by atoms with E-state index in [0.717, 1.165) is 15.0 Å². The highest BCUT2D eigenvalue weighted by atomic mass is 35.5. The fourth-order valence-electron chi connectivity index (χ4n) is 7.15. The van der Waals surface area contributed by atoms with Gasteiger partial charge in [-0.3, -0.25) is 14.3 Å². The lowest BCUT2D eigenvalue weighted by Gasteiger charge is -2.56. The average Bonchev–Trinajstić information content (AvgIpc) is 3.36. The van der Waals surface area contributed by atoms with Crippen LogP contribution in [0, 0.1) is 17.8 Å². The first-order valence-electron chi connectivity index (χ1n) is 14.1. The molecule has 0 spiro atoms. The number of likely N-dealkylation sites (tertiary alicyclic amines) is 1. The number of aliphatic hydroxyl groups is 3. The first kappa shape index (κ1) is 31.6. The molecule has 13 nitrogen and oxygen atoms in total. The van der Waals surface area contributed by atoms with Crippen LogP contribution in [0.4, 0.5) is 4.79 Å². The maximum atomic E-state index is 13.5. The molecule has 5 rings (SSSR count). The second-order valence-electron chi connectivity index (χ2n) is 12.9. The number of carbonyl (C=O) groups is 1. The van der Waals surface area contributed by atoms with Gasteiger partial charge in [-0.1, -0.05) is 44.5 Å². The molecule has 1 amide bonds. The van der Waals surface area contributed by atoms with Crippen LogP contribution < -0.4 is 11.2 Å². The normalized spacial score (nSPS) is 34.1. The van der Waals surface area contributed by atoms with Crippen LogP contribution >= 0.6 is 11.6 Å². The lowest BCUT2D eigenvalue weighted by atomic mass is 9.55. The van der Waals surface area contributed by atoms with Crippen molar-refractivity contribution in [2.45, 2.75) is 76.5 Å². The van der Waals surface area contributed by atoms with Crippen LogP contribution in [0.1, 0.15) is 38.3 Å². The number of aromatic nitrogens is 2. The molecule has 0 aliphatic carbocycles. The lowest BCUT2D eigenvalue weighted by Crippen LogP contribution is -2.70. The Balaban J connectivity index is 1.76. The third-order valence-corrected chi connectivity index (χ3v) is 9.60. The molecule has 3 aliphatic rings. The van der Waals surface area contributed by atoms with E-state index >= 15 is 0 Å². The number of H-pyrrole nitrogens is 1. The quantitative estimate of drug-likeness (QED) is 0.299. The summed E-state index contributed by atoms with van der Waals surface area (Å²) >= 11 is 6.07. The van der Waals surface area contributed by atoms with Crippen molar-refractivity contribution in [1.82, 2.24) is 14.5 Å². The number of benzene rings is 1. The van der Waals surface area contributed by atoms with Crippen molar-refractivity contribution in [3.8, 4) is 0 Å². The van der Waals surface area contributed by atoms with Crippen molar-refractivity contribution in [1.29, 1.82) is 0 Å². The first-order valence-corrected chi connectivity index (χ1v) is 14.4. The smallest absolute Gasteiger partial charge is 0.407 e. The van der Waals surface area contributed by atoms with Gasteiger partial charge in [-0.15, -0.1) is 0 Å². The summed E-state index contributed by atoms with van der Waals surface area (Å²) in [5.41, 5.74) is -6.12. The van der Waals surface area contributed by atoms with Crippen molar-refractivity contribution < 1.29 is 39.4 Å². The van der Waals surface area contributed by atoms with Crippen LogP contribution in [-0.4, -0.2) is 97.3 Å². The number of carboxylic acid groups (broad SMARTS) is 1. The number of aliphatic hydroxyl groups excluding tert-OH is 3. The summed E-state index contributed by atoms with van der Waals surface area (Å²) in [5, 5.41) is 42.9. The first-order chi connectivity index (χ1) is 20.1. The number of amides is 1. The number of fused-ring (bicyclic) bond motifs is 2. The maximum absolute atomic E-state index is 13.5. The zero-order valence-corrected chi connectivity index (χ0v) is 25.2. The second-order valence-corrected chi connectivity index (χ2v) is 13.3. The van der Waals surface area contributed by atoms with Crippen molar-refractivity contribution >= 4 is 17.7 Å². The highest BCUT2D eigenvalue weighted by molar-refractivity contribution is 6.30. The number of hydrogen-bond donors (Lipinski definition) is 5. The predicted octanol–water partition coefficient (Wildman–Crippen LogP) is 1.03. The van der Waals surface area contributed by atoms with Gasteiger partial charge < -0.3 is 39.5 Å². The molecule has 0 unspecified atom stereocenters. The number of nitrogens with zero attached hydrogens (tertiary/aromatic N) is 2. The Bertz CT molecular complexity index is 1490. The molecule has 14 heteroatoms. The van der Waals surface area contributed by atoms with E-state index in [0.29, 0.717) is 5.02 Å². The Hall–Kier alpha value is -2.78. The van der Waals surface area contributed by atoms with Gasteiger partial charge in [-0.25, -0.2) is 9.59 Å². The molecule has 2 aromatic rings. The number of aromatic amines is 1. The van der Waals surface area contributed by atoms with Crippen molar-refractivity contribution in [3.63, 3.8) is 0 Å². The largest absolute Gasteiger partial charge is 0.465 e. The minimum Gasteiger partial charge on any atom is -0.465 e. The van der Waals surface area contributed by atoms with Crippen molar-refractivity contribution in [3.05, 3.63) is 67.4 Å². The van der Waals surface area contributed by atoms with Gasteiger partial charge in [-0.05, 0) is 30.0 Å². The summed E-state index contributed by atoms with van der Waals surface area (Å²) in [7, 11) is 0. The van der Waals surface area contributed by atoms with Crippen molar-refractivity contribution in [2.24, 2.45) is 10.8 Å². The van der Waals surface area contributed by atoms with E-state index < -0.39 is 77.1 Å². The van der Waals surface area contributed by atoms with Crippen LogP contribution in [0.15, 0.2) is 40.1 Å². The summed E-state index contributed by atoms with van der Waals surface area (Å²) in [6.45, 7) is 5.60. The summed E-state index contributed by atoms with van der Waals surface area (Å²) in [6.07, 6.45) is -4.72. The number of aryl methyl sites for hydroxylation is 1. The van der Waals surface area contributed by atoms with E-state index in [2.05, 4.69) is 4.98 Å². The molecule has 2 bridgehead atoms. The molecule has 7 atom stereocenters. The summed E-state index contributed by atoms with van der Waals surface area (Å²) < 4.78 is 20.9. The maximum Gasteiger partial charge on any atom is 0.407 e. The molecule has 1 aromatic carbocycles. The standard InChI is InChI=1S/C29H38ClN3O10/c1-16-10-33(24(38)31-21(16)37)29(9-19(36)20(11-34)42-29)23-28(26(2,3)4)14-32(25(39)40)13-27(15-35,43-23)22(28)41-12-17-5-7-18(30)8-6-17/h5-8,10,19-20,22-23,34-36H,9,11-15H2,1-4H3,(H,39,40)(H,31,37,38)/t19-,20+,22+,23+,27+,28-,29-/m0/s1. The second kappa shape index (κ2) is 11.0. The summed E-state index contributed by atoms with van der Waals surface area (Å²) in [5.74, 6) is 0. The molecular weight excluding hydrogens is 586 g/mol. The Labute approximate surface area is 252 Å². The average molecular weight is 624 g/mol. The predicted molar refractivity (Wildman–Crippen MR) is 153 cm³/mol. The van der Waals surface area contributed by atoms with Gasteiger partial charge in [0.1, 0.15) is 23.9 Å². The number of nitrogens with one attached hydrogen (secondary N) is 1.